The molecule has 0 N–H and O–H groups in total. The van der Waals surface area contributed by atoms with Crippen LogP contribution in [0.4, 0.5) is 0 Å². The Morgan fingerprint density at radius 2 is 1.54 bits per heavy atom. The van der Waals surface area contributed by atoms with Gasteiger partial charge in [-0.1, -0.05) is 51.5 Å². The largest absolute Gasteiger partial charge is 0.494 e. The molecular weight excluding hydrogens is 294 g/mol. The van der Waals surface area contributed by atoms with E-state index in [1.807, 2.05) is 30.3 Å². The number of hydrogen-bond donors (Lipinski definition) is 0. The molecule has 1 aromatic rings. The predicted octanol–water partition coefficient (Wildman–Crippen LogP) is 6.17. The van der Waals surface area contributed by atoms with Crippen LogP contribution in [-0.2, 0) is 0 Å². The summed E-state index contributed by atoms with van der Waals surface area (Å²) in [6, 6.07) is 9.52. The summed E-state index contributed by atoms with van der Waals surface area (Å²) in [6.07, 6.45) is 9.30. The van der Waals surface area contributed by atoms with Crippen LogP contribution in [0.1, 0.15) is 71.8 Å². The van der Waals surface area contributed by atoms with Crippen molar-refractivity contribution in [1.82, 2.24) is 4.90 Å². The number of rotatable bonds is 13. The molecule has 136 valence electrons. The molecule has 0 aromatic heterocycles. The fraction of sp³-hybridized carbons (Fsp3) is 0.636. The molecule has 0 heterocycles. The van der Waals surface area contributed by atoms with Crippen molar-refractivity contribution in [3.63, 3.8) is 0 Å². The second kappa shape index (κ2) is 12.1. The molecule has 0 saturated heterocycles. The minimum absolute atomic E-state index is 0.696. The van der Waals surface area contributed by atoms with Crippen LogP contribution in [0.5, 0.6) is 5.75 Å². The van der Waals surface area contributed by atoms with Crippen molar-refractivity contribution in [3.05, 3.63) is 36.4 Å². The van der Waals surface area contributed by atoms with E-state index in [0.29, 0.717) is 12.1 Å². The molecule has 2 unspecified atom stereocenters. The number of hydrogen-bond acceptors (Lipinski definition) is 2. The minimum atomic E-state index is 0.696. The normalized spacial score (nSPS) is 13.7. The van der Waals surface area contributed by atoms with Crippen LogP contribution >= 0.6 is 0 Å². The summed E-state index contributed by atoms with van der Waals surface area (Å²) in [5, 5.41) is 0. The van der Waals surface area contributed by atoms with Crippen LogP contribution in [0.25, 0.3) is 6.08 Å². The van der Waals surface area contributed by atoms with E-state index in [1.54, 1.807) is 0 Å². The Labute approximate surface area is 149 Å². The zero-order chi connectivity index (χ0) is 17.8. The predicted molar refractivity (Wildman–Crippen MR) is 107 cm³/mol. The van der Waals surface area contributed by atoms with Crippen LogP contribution in [0.15, 0.2) is 30.8 Å². The Hall–Kier alpha value is -1.28. The first kappa shape index (κ1) is 20.8. The minimum Gasteiger partial charge on any atom is -0.494 e. The van der Waals surface area contributed by atoms with Gasteiger partial charge in [-0.3, -0.25) is 4.90 Å². The number of benzene rings is 1. The molecule has 0 spiro atoms. The highest BCUT2D eigenvalue weighted by Crippen LogP contribution is 2.15. The highest BCUT2D eigenvalue weighted by atomic mass is 16.5. The van der Waals surface area contributed by atoms with Gasteiger partial charge in [-0.25, -0.2) is 0 Å². The molecule has 0 amide bonds. The topological polar surface area (TPSA) is 12.5 Å². The standard InChI is InChI=1S/C22H37NO/c1-6-19(4)23(20(5)7-2)17-11-9-10-12-18-24-22-15-13-21(8-3)14-16-22/h8,13-16,19-20H,3,6-7,9-12,17-18H2,1-2,4-5H3. The van der Waals surface area contributed by atoms with Crippen molar-refractivity contribution < 1.29 is 4.74 Å². The highest BCUT2D eigenvalue weighted by molar-refractivity contribution is 5.48. The molecule has 0 bridgehead atoms. The second-order valence-corrected chi connectivity index (χ2v) is 6.79. The second-order valence-electron chi connectivity index (χ2n) is 6.79. The van der Waals surface area contributed by atoms with Gasteiger partial charge in [0.25, 0.3) is 0 Å². The molecule has 2 atom stereocenters. The van der Waals surface area contributed by atoms with Crippen molar-refractivity contribution in [2.24, 2.45) is 0 Å². The van der Waals surface area contributed by atoms with E-state index in [4.69, 9.17) is 4.74 Å². The van der Waals surface area contributed by atoms with E-state index in [9.17, 15) is 0 Å². The van der Waals surface area contributed by atoms with E-state index < -0.39 is 0 Å². The van der Waals surface area contributed by atoms with E-state index in [-0.39, 0.29) is 0 Å². The first-order valence-corrected chi connectivity index (χ1v) is 9.73. The molecule has 0 fully saturated rings. The third-order valence-electron chi connectivity index (χ3n) is 5.01. The Morgan fingerprint density at radius 3 is 2.08 bits per heavy atom. The molecule has 0 radical (unpaired) electrons. The van der Waals surface area contributed by atoms with Crippen molar-refractivity contribution in [2.45, 2.75) is 78.3 Å². The molecule has 0 aliphatic rings. The van der Waals surface area contributed by atoms with Gasteiger partial charge in [0.1, 0.15) is 5.75 Å². The Morgan fingerprint density at radius 1 is 0.958 bits per heavy atom. The van der Waals surface area contributed by atoms with Gasteiger partial charge in [0.2, 0.25) is 0 Å². The number of ether oxygens (including phenoxy) is 1. The summed E-state index contributed by atoms with van der Waals surface area (Å²) < 4.78 is 5.80. The average Bonchev–Trinajstić information content (AvgIpc) is 2.63. The maximum absolute atomic E-state index is 5.80. The Kier molecular flexibility index (Phi) is 10.5. The van der Waals surface area contributed by atoms with Gasteiger partial charge < -0.3 is 4.74 Å². The molecule has 1 rings (SSSR count). The van der Waals surface area contributed by atoms with Crippen LogP contribution in [0.2, 0.25) is 0 Å². The van der Waals surface area contributed by atoms with Gasteiger partial charge in [0.05, 0.1) is 6.61 Å². The number of nitrogens with zero attached hydrogens (tertiary/aromatic N) is 1. The lowest BCUT2D eigenvalue weighted by Crippen LogP contribution is -2.40. The third kappa shape index (κ3) is 7.53. The lowest BCUT2D eigenvalue weighted by atomic mass is 10.1. The fourth-order valence-electron chi connectivity index (χ4n) is 2.98. The van der Waals surface area contributed by atoms with E-state index in [1.165, 1.54) is 38.6 Å². The quantitative estimate of drug-likeness (QED) is 0.401. The molecule has 2 nitrogen and oxygen atoms in total. The summed E-state index contributed by atoms with van der Waals surface area (Å²) >= 11 is 0. The SMILES string of the molecule is C=Cc1ccc(OCCCCCCN(C(C)CC)C(C)CC)cc1. The van der Waals surface area contributed by atoms with Crippen molar-refractivity contribution in [2.75, 3.05) is 13.2 Å². The maximum atomic E-state index is 5.80. The van der Waals surface area contributed by atoms with E-state index in [2.05, 4.69) is 39.2 Å². The molecule has 24 heavy (non-hydrogen) atoms. The van der Waals surface area contributed by atoms with Gasteiger partial charge >= 0.3 is 0 Å². The zero-order valence-corrected chi connectivity index (χ0v) is 16.3. The number of unbranched alkanes of at least 4 members (excludes halogenated alkanes) is 3. The lowest BCUT2D eigenvalue weighted by Gasteiger charge is -2.33. The summed E-state index contributed by atoms with van der Waals surface area (Å²) in [5.74, 6) is 0.959. The average molecular weight is 332 g/mol. The molecular formula is C22H37NO. The summed E-state index contributed by atoms with van der Waals surface area (Å²) in [6.45, 7) is 15.1. The maximum Gasteiger partial charge on any atom is 0.119 e. The molecule has 2 heteroatoms. The monoisotopic (exact) mass is 331 g/mol. The molecule has 1 aromatic carbocycles. The smallest absolute Gasteiger partial charge is 0.119 e. The molecule has 0 aliphatic heterocycles. The lowest BCUT2D eigenvalue weighted by molar-refractivity contribution is 0.142. The van der Waals surface area contributed by atoms with E-state index >= 15 is 0 Å². The summed E-state index contributed by atoms with van der Waals surface area (Å²) in [5.41, 5.74) is 1.13. The van der Waals surface area contributed by atoms with Crippen molar-refractivity contribution in [3.8, 4) is 5.75 Å². The zero-order valence-electron chi connectivity index (χ0n) is 16.3. The van der Waals surface area contributed by atoms with Gasteiger partial charge in [-0.05, 0) is 63.8 Å². The Balaban J connectivity index is 2.15. The van der Waals surface area contributed by atoms with Gasteiger partial charge in [0, 0.05) is 12.1 Å². The first-order chi connectivity index (χ1) is 11.6. The van der Waals surface area contributed by atoms with Crippen molar-refractivity contribution >= 4 is 6.08 Å². The Bertz CT molecular complexity index is 430. The van der Waals surface area contributed by atoms with Crippen LogP contribution in [0, 0.1) is 0 Å². The van der Waals surface area contributed by atoms with Crippen molar-refractivity contribution in [1.29, 1.82) is 0 Å². The van der Waals surface area contributed by atoms with Gasteiger partial charge in [-0.15, -0.1) is 0 Å². The third-order valence-corrected chi connectivity index (χ3v) is 5.01. The summed E-state index contributed by atoms with van der Waals surface area (Å²) in [4.78, 5) is 2.68. The fourth-order valence-corrected chi connectivity index (χ4v) is 2.98. The first-order valence-electron chi connectivity index (χ1n) is 9.73. The van der Waals surface area contributed by atoms with E-state index in [0.717, 1.165) is 24.3 Å². The van der Waals surface area contributed by atoms with Crippen LogP contribution in [0.3, 0.4) is 0 Å². The van der Waals surface area contributed by atoms with Gasteiger partial charge in [-0.2, -0.15) is 0 Å². The van der Waals surface area contributed by atoms with Crippen LogP contribution in [-0.4, -0.2) is 30.1 Å². The summed E-state index contributed by atoms with van der Waals surface area (Å²) in [7, 11) is 0. The van der Waals surface area contributed by atoms with Crippen LogP contribution < -0.4 is 4.74 Å². The molecule has 0 saturated carbocycles. The van der Waals surface area contributed by atoms with Gasteiger partial charge in [0.15, 0.2) is 0 Å². The molecule has 0 aliphatic carbocycles. The highest BCUT2D eigenvalue weighted by Gasteiger charge is 2.16.